The molecule has 0 unspecified atom stereocenters. The molecule has 1 aromatic rings. The second-order valence-electron chi connectivity index (χ2n) is 3.02. The molecule has 4 nitrogen and oxygen atoms in total. The maximum absolute atomic E-state index is 10.9. The Morgan fingerprint density at radius 2 is 1.93 bits per heavy atom. The molecule has 0 aliphatic carbocycles. The van der Waals surface area contributed by atoms with Crippen LogP contribution in [0.4, 0.5) is 0 Å². The van der Waals surface area contributed by atoms with E-state index in [2.05, 4.69) is 0 Å². The second kappa shape index (κ2) is 3.91. The molecule has 1 amide bonds. The molecule has 4 heteroatoms. The zero-order chi connectivity index (χ0) is 10.7. The summed E-state index contributed by atoms with van der Waals surface area (Å²) in [5.41, 5.74) is 6.49. The highest BCUT2D eigenvalue weighted by Crippen LogP contribution is 2.18. The molecular weight excluding hydrogens is 182 g/mol. The number of nitrogens with two attached hydrogens (primary N) is 1. The minimum absolute atomic E-state index is 0.369. The Morgan fingerprint density at radius 3 is 2.50 bits per heavy atom. The number of carbonyl (C=O) groups excluding carboxylic acids is 2. The summed E-state index contributed by atoms with van der Waals surface area (Å²) >= 11 is 0. The van der Waals surface area contributed by atoms with Crippen LogP contribution in [-0.2, 0) is 9.59 Å². The van der Waals surface area contributed by atoms with Crippen molar-refractivity contribution in [3.63, 3.8) is 0 Å². The van der Waals surface area contributed by atoms with Gasteiger partial charge in [-0.05, 0) is 31.0 Å². The van der Waals surface area contributed by atoms with Crippen molar-refractivity contribution >= 4 is 11.9 Å². The first-order valence-corrected chi connectivity index (χ1v) is 4.09. The van der Waals surface area contributed by atoms with E-state index in [-0.39, 0.29) is 0 Å². The van der Waals surface area contributed by atoms with Crippen molar-refractivity contribution in [2.45, 2.75) is 13.8 Å². The number of esters is 1. The summed E-state index contributed by atoms with van der Waals surface area (Å²) in [7, 11) is 0. The Kier molecular flexibility index (Phi) is 2.86. The zero-order valence-electron chi connectivity index (χ0n) is 8.03. The van der Waals surface area contributed by atoms with E-state index in [9.17, 15) is 9.59 Å². The van der Waals surface area contributed by atoms with E-state index in [1.54, 1.807) is 19.1 Å². The number of benzene rings is 1. The predicted octanol–water partition coefficient (Wildman–Crippen LogP) is 0.694. The molecule has 1 aromatic carbocycles. The molecule has 0 aromatic heterocycles. The summed E-state index contributed by atoms with van der Waals surface area (Å²) in [4.78, 5) is 21.3. The van der Waals surface area contributed by atoms with Crippen LogP contribution < -0.4 is 10.5 Å². The van der Waals surface area contributed by atoms with Crippen LogP contribution >= 0.6 is 0 Å². The van der Waals surface area contributed by atoms with Gasteiger partial charge < -0.3 is 10.5 Å². The van der Waals surface area contributed by atoms with E-state index in [4.69, 9.17) is 10.5 Å². The van der Waals surface area contributed by atoms with Crippen LogP contribution in [0.2, 0.25) is 0 Å². The fourth-order valence-corrected chi connectivity index (χ4v) is 0.967. The van der Waals surface area contributed by atoms with Crippen LogP contribution in [-0.4, -0.2) is 11.9 Å². The topological polar surface area (TPSA) is 69.4 Å². The lowest BCUT2D eigenvalue weighted by Crippen LogP contribution is -2.27. The van der Waals surface area contributed by atoms with Gasteiger partial charge in [0.05, 0.1) is 0 Å². The molecule has 0 radical (unpaired) electrons. The Balaban J connectivity index is 2.91. The normalized spacial score (nSPS) is 9.57. The number of primary amides is 1. The van der Waals surface area contributed by atoms with Gasteiger partial charge in [0.1, 0.15) is 5.75 Å². The molecule has 0 fully saturated rings. The summed E-state index contributed by atoms with van der Waals surface area (Å²) in [5.74, 6) is -1.77. The molecule has 0 heterocycles. The van der Waals surface area contributed by atoms with Crippen LogP contribution in [0, 0.1) is 13.8 Å². The highest BCUT2D eigenvalue weighted by Gasteiger charge is 2.12. The zero-order valence-corrected chi connectivity index (χ0v) is 8.03. The summed E-state index contributed by atoms with van der Waals surface area (Å²) in [6, 6.07) is 5.37. The van der Waals surface area contributed by atoms with Gasteiger partial charge >= 0.3 is 11.9 Å². The number of aryl methyl sites for hydroxylation is 2. The van der Waals surface area contributed by atoms with Crippen molar-refractivity contribution in [2.24, 2.45) is 5.73 Å². The van der Waals surface area contributed by atoms with E-state index >= 15 is 0 Å². The first-order valence-electron chi connectivity index (χ1n) is 4.09. The SMILES string of the molecule is Cc1ccc(C)c(OC(=O)C(N)=O)c1. The average molecular weight is 193 g/mol. The molecule has 74 valence electrons. The Morgan fingerprint density at radius 1 is 1.29 bits per heavy atom. The lowest BCUT2D eigenvalue weighted by molar-refractivity contribution is -0.146. The van der Waals surface area contributed by atoms with Gasteiger partial charge in [-0.25, -0.2) is 4.79 Å². The monoisotopic (exact) mass is 193 g/mol. The van der Waals surface area contributed by atoms with Crippen LogP contribution in [0.15, 0.2) is 18.2 Å². The number of rotatable bonds is 1. The fourth-order valence-electron chi connectivity index (χ4n) is 0.967. The lowest BCUT2D eigenvalue weighted by atomic mass is 10.1. The Bertz CT molecular complexity index is 385. The third-order valence-electron chi connectivity index (χ3n) is 1.75. The molecule has 0 saturated heterocycles. The van der Waals surface area contributed by atoms with Crippen molar-refractivity contribution in [2.75, 3.05) is 0 Å². The van der Waals surface area contributed by atoms with Gasteiger partial charge in [-0.1, -0.05) is 12.1 Å². The number of hydrogen-bond donors (Lipinski definition) is 1. The first kappa shape index (κ1) is 10.2. The summed E-state index contributed by atoms with van der Waals surface area (Å²) in [6.45, 7) is 3.64. The predicted molar refractivity (Wildman–Crippen MR) is 50.7 cm³/mol. The van der Waals surface area contributed by atoms with Gasteiger partial charge in [0.2, 0.25) is 0 Å². The summed E-state index contributed by atoms with van der Waals surface area (Å²) in [5, 5.41) is 0. The minimum Gasteiger partial charge on any atom is -0.419 e. The van der Waals surface area contributed by atoms with Gasteiger partial charge in [-0.2, -0.15) is 0 Å². The quantitative estimate of drug-likeness (QED) is 0.405. The molecule has 0 aliphatic heterocycles. The first-order chi connectivity index (χ1) is 6.50. The number of carbonyl (C=O) groups is 2. The molecule has 1 rings (SSSR count). The van der Waals surface area contributed by atoms with Gasteiger partial charge in [0.15, 0.2) is 0 Å². The standard InChI is InChI=1S/C10H11NO3/c1-6-3-4-7(2)8(5-6)14-10(13)9(11)12/h3-5H,1-2H3,(H2,11,12). The third kappa shape index (κ3) is 2.32. The number of amides is 1. The van der Waals surface area contributed by atoms with E-state index in [0.29, 0.717) is 5.75 Å². The maximum Gasteiger partial charge on any atom is 0.401 e. The summed E-state index contributed by atoms with van der Waals surface area (Å²) < 4.78 is 4.77. The van der Waals surface area contributed by atoms with Crippen molar-refractivity contribution in [3.8, 4) is 5.75 Å². The average Bonchev–Trinajstić information content (AvgIpc) is 2.11. The largest absolute Gasteiger partial charge is 0.419 e. The molecule has 2 N–H and O–H groups in total. The Labute approximate surface area is 81.7 Å². The van der Waals surface area contributed by atoms with Crippen LogP contribution in [0.3, 0.4) is 0 Å². The van der Waals surface area contributed by atoms with E-state index < -0.39 is 11.9 Å². The Hall–Kier alpha value is -1.84. The minimum atomic E-state index is -1.09. The van der Waals surface area contributed by atoms with Gasteiger partial charge in [0.25, 0.3) is 0 Å². The molecule has 0 atom stereocenters. The van der Waals surface area contributed by atoms with Crippen molar-refractivity contribution in [1.82, 2.24) is 0 Å². The van der Waals surface area contributed by atoms with Gasteiger partial charge in [-0.3, -0.25) is 4.79 Å². The van der Waals surface area contributed by atoms with Gasteiger partial charge in [-0.15, -0.1) is 0 Å². The molecule has 0 aliphatic rings. The molecule has 0 saturated carbocycles. The molecule has 0 bridgehead atoms. The van der Waals surface area contributed by atoms with Crippen molar-refractivity contribution in [1.29, 1.82) is 0 Å². The lowest BCUT2D eigenvalue weighted by Gasteiger charge is -2.05. The molecule has 14 heavy (non-hydrogen) atoms. The number of ether oxygens (including phenoxy) is 1. The van der Waals surface area contributed by atoms with Crippen LogP contribution in [0.5, 0.6) is 5.75 Å². The fraction of sp³-hybridized carbons (Fsp3) is 0.200. The van der Waals surface area contributed by atoms with E-state index in [0.717, 1.165) is 11.1 Å². The third-order valence-corrected chi connectivity index (χ3v) is 1.75. The van der Waals surface area contributed by atoms with Gasteiger partial charge in [0, 0.05) is 0 Å². The highest BCUT2D eigenvalue weighted by molar-refractivity contribution is 6.32. The maximum atomic E-state index is 10.9. The molecule has 0 spiro atoms. The van der Waals surface area contributed by atoms with Crippen molar-refractivity contribution in [3.05, 3.63) is 29.3 Å². The molecular formula is C10H11NO3. The van der Waals surface area contributed by atoms with E-state index in [1.165, 1.54) is 0 Å². The van der Waals surface area contributed by atoms with Crippen molar-refractivity contribution < 1.29 is 14.3 Å². The number of hydrogen-bond acceptors (Lipinski definition) is 3. The second-order valence-corrected chi connectivity index (χ2v) is 3.02. The smallest absolute Gasteiger partial charge is 0.401 e. The summed E-state index contributed by atoms with van der Waals surface area (Å²) in [6.07, 6.45) is 0. The van der Waals surface area contributed by atoms with E-state index in [1.807, 2.05) is 13.0 Å². The van der Waals surface area contributed by atoms with Crippen LogP contribution in [0.25, 0.3) is 0 Å². The highest BCUT2D eigenvalue weighted by atomic mass is 16.5. The van der Waals surface area contributed by atoms with Crippen LogP contribution in [0.1, 0.15) is 11.1 Å².